The van der Waals surface area contributed by atoms with Gasteiger partial charge in [-0.2, -0.15) is 0 Å². The first-order valence-corrected chi connectivity index (χ1v) is 39.5. The first kappa shape index (κ1) is 59.1. The third kappa shape index (κ3) is 8.25. The van der Waals surface area contributed by atoms with Gasteiger partial charge in [-0.25, -0.2) is 0 Å². The smallest absolute Gasteiger partial charge is 0.0640 e. The second-order valence-corrected chi connectivity index (χ2v) is 32.4. The van der Waals surface area contributed by atoms with Gasteiger partial charge in [0.15, 0.2) is 0 Å². The predicted octanol–water partition coefficient (Wildman–Crippen LogP) is 30.0. The molecule has 6 heterocycles. The molecule has 0 bridgehead atoms. The van der Waals surface area contributed by atoms with Crippen LogP contribution in [0.25, 0.3) is 241 Å². The molecule has 0 fully saturated rings. The Balaban J connectivity index is 0.695. The third-order valence-corrected chi connectivity index (χ3v) is 27.4. The van der Waals surface area contributed by atoms with Crippen molar-refractivity contribution in [3.63, 3.8) is 0 Å². The first-order chi connectivity index (χ1) is 53.5. The van der Waals surface area contributed by atoms with Crippen molar-refractivity contribution < 1.29 is 0 Å². The van der Waals surface area contributed by atoms with Crippen LogP contribution in [-0.2, 0) is 0 Å². The van der Waals surface area contributed by atoms with E-state index in [2.05, 4.69) is 359 Å². The lowest BCUT2D eigenvalue weighted by Gasteiger charge is -2.15. The lowest BCUT2D eigenvalue weighted by molar-refractivity contribution is 1.18. The van der Waals surface area contributed by atoms with Crippen molar-refractivity contribution in [2.45, 2.75) is 0 Å². The van der Waals surface area contributed by atoms with E-state index in [4.69, 9.17) is 0 Å². The fraction of sp³-hybridized carbons (Fsp3) is 0. The van der Waals surface area contributed by atoms with Crippen LogP contribution in [0.4, 0.5) is 0 Å². The third-order valence-electron chi connectivity index (χ3n) is 23.8. The lowest BCUT2D eigenvalue weighted by atomic mass is 9.90. The number of para-hydroxylation sites is 2. The molecule has 6 aromatic heterocycles. The Morgan fingerprint density at radius 2 is 0.481 bits per heavy atom. The van der Waals surface area contributed by atoms with Crippen molar-refractivity contribution in [2.24, 2.45) is 0 Å². The first-order valence-electron chi connectivity index (χ1n) is 37.1. The second kappa shape index (κ2) is 22.2. The number of hydrogen-bond donors (Lipinski definition) is 0. The van der Waals surface area contributed by atoms with E-state index in [1.165, 1.54) is 235 Å². The zero-order valence-corrected chi connectivity index (χ0v) is 60.4. The highest BCUT2D eigenvalue weighted by Crippen LogP contribution is 2.50. The van der Waals surface area contributed by atoms with Gasteiger partial charge in [0.2, 0.25) is 0 Å². The normalized spacial score (nSPS) is 12.4. The Kier molecular flexibility index (Phi) is 12.1. The second-order valence-electron chi connectivity index (χ2n) is 29.3. The van der Waals surface area contributed by atoms with Crippen LogP contribution in [0.3, 0.4) is 0 Å². The molecule has 498 valence electrons. The Hall–Kier alpha value is -13.2. The lowest BCUT2D eigenvalue weighted by Crippen LogP contribution is -1.95. The summed E-state index contributed by atoms with van der Waals surface area (Å²) in [4.78, 5) is 0. The number of benzene rings is 19. The van der Waals surface area contributed by atoms with Crippen LogP contribution < -0.4 is 0 Å². The predicted molar refractivity (Wildman–Crippen MR) is 469 cm³/mol. The summed E-state index contributed by atoms with van der Waals surface area (Å²) in [6.07, 6.45) is 0. The van der Waals surface area contributed by atoms with Crippen molar-refractivity contribution in [3.05, 3.63) is 346 Å². The molecule has 6 heteroatoms. The van der Waals surface area contributed by atoms with Gasteiger partial charge >= 0.3 is 0 Å². The number of nitrogens with zero attached hydrogens (tertiary/aromatic N) is 3. The molecule has 19 aromatic carbocycles. The quantitative estimate of drug-likeness (QED) is 0.147. The molecule has 0 atom stereocenters. The number of aromatic nitrogens is 3. The molecule has 0 unspecified atom stereocenters. The summed E-state index contributed by atoms with van der Waals surface area (Å²) in [7, 11) is 0. The van der Waals surface area contributed by atoms with Crippen molar-refractivity contribution >= 4 is 225 Å². The van der Waals surface area contributed by atoms with Gasteiger partial charge < -0.3 is 13.7 Å². The number of fused-ring (bicyclic) bond motifs is 30. The highest BCUT2D eigenvalue weighted by Gasteiger charge is 2.25. The fourth-order valence-corrected chi connectivity index (χ4v) is 22.6. The van der Waals surface area contributed by atoms with Gasteiger partial charge in [0.1, 0.15) is 0 Å². The van der Waals surface area contributed by atoms with Gasteiger partial charge in [-0.15, -0.1) is 34.0 Å². The summed E-state index contributed by atoms with van der Waals surface area (Å²) in [5.41, 5.74) is 18.0. The molecule has 0 spiro atoms. The summed E-state index contributed by atoms with van der Waals surface area (Å²) < 4.78 is 15.4. The molecule has 0 aliphatic carbocycles. The average Bonchev–Trinajstić information content (AvgIpc) is 1.42. The Labute approximate surface area is 629 Å². The molecule has 0 aliphatic rings. The maximum absolute atomic E-state index is 2.59. The van der Waals surface area contributed by atoms with Crippen LogP contribution in [0.5, 0.6) is 0 Å². The zero-order valence-electron chi connectivity index (χ0n) is 58.0. The van der Waals surface area contributed by atoms with E-state index in [1.807, 2.05) is 34.0 Å². The van der Waals surface area contributed by atoms with Gasteiger partial charge in [-0.1, -0.05) is 231 Å². The maximum Gasteiger partial charge on any atom is 0.0640 e. The Morgan fingerprint density at radius 1 is 0.157 bits per heavy atom. The standard InChI is InChI=1S/C102H57N3S3/c1-3-23-67-65(21-1)79-50-58(60-43-47-91-85(52-60)71-25-5-10-34-89(71)104(91)93-36-17-32-77-74-28-8-13-39-98(74)107-101(77)93)41-45-69(79)83-56-95-87(54-81(67)83)88-55-82-68-24-4-2-22-66(68)80-51-59(61-44-48-92-86(53-61)72-26-6-11-35-90(72)105(92)94-37-18-33-78-75-29-9-14-40-99(75)108-102(78)94)42-46-70(80)84(82)57-96(88)103(95)63-20-15-19-62(49-63)64-30-16-31-76-73-27-7-12-38-97(73)106-100(64)76/h1-57H. The fourth-order valence-electron chi connectivity index (χ4n) is 19.0. The van der Waals surface area contributed by atoms with Gasteiger partial charge in [0.25, 0.3) is 0 Å². The molecule has 3 nitrogen and oxygen atoms in total. The summed E-state index contributed by atoms with van der Waals surface area (Å²) in [5, 5.41) is 30.2. The Bertz CT molecular complexity index is 7920. The minimum Gasteiger partial charge on any atom is -0.309 e. The van der Waals surface area contributed by atoms with Gasteiger partial charge in [0.05, 0.1) is 53.9 Å². The topological polar surface area (TPSA) is 14.8 Å². The summed E-state index contributed by atoms with van der Waals surface area (Å²) >= 11 is 5.66. The van der Waals surface area contributed by atoms with E-state index in [1.54, 1.807) is 0 Å². The molecule has 0 aliphatic heterocycles. The van der Waals surface area contributed by atoms with E-state index in [9.17, 15) is 0 Å². The van der Waals surface area contributed by atoms with Crippen molar-refractivity contribution in [3.8, 4) is 50.4 Å². The van der Waals surface area contributed by atoms with E-state index < -0.39 is 0 Å². The molecule has 108 heavy (non-hydrogen) atoms. The van der Waals surface area contributed by atoms with Crippen LogP contribution in [-0.4, -0.2) is 13.7 Å². The van der Waals surface area contributed by atoms with E-state index in [0.717, 1.165) is 5.69 Å². The summed E-state index contributed by atoms with van der Waals surface area (Å²) in [6, 6.07) is 131. The number of hydrogen-bond acceptors (Lipinski definition) is 3. The van der Waals surface area contributed by atoms with Crippen LogP contribution >= 0.6 is 34.0 Å². The highest BCUT2D eigenvalue weighted by molar-refractivity contribution is 7.27. The molecule has 25 rings (SSSR count). The van der Waals surface area contributed by atoms with Crippen LogP contribution in [0.1, 0.15) is 0 Å². The molecule has 0 N–H and O–H groups in total. The number of thiophene rings is 3. The van der Waals surface area contributed by atoms with E-state index in [-0.39, 0.29) is 0 Å². The summed E-state index contributed by atoms with van der Waals surface area (Å²) in [6.45, 7) is 0. The number of rotatable bonds is 6. The Morgan fingerprint density at radius 3 is 0.954 bits per heavy atom. The largest absolute Gasteiger partial charge is 0.309 e. The van der Waals surface area contributed by atoms with Gasteiger partial charge in [-0.05, 0) is 213 Å². The minimum absolute atomic E-state index is 1.12. The molecular formula is C102H57N3S3. The van der Waals surface area contributed by atoms with Crippen molar-refractivity contribution in [1.82, 2.24) is 13.7 Å². The molecule has 0 radical (unpaired) electrons. The maximum atomic E-state index is 2.59. The van der Waals surface area contributed by atoms with E-state index >= 15 is 0 Å². The minimum atomic E-state index is 1.12. The SMILES string of the molecule is c1cc(-c2cccc3c2sc2ccccc23)cc(-n2c3cc4c5ccc(-c6ccc7c(c6)c6ccccc6n7-c6cccc7c6sc6ccccc67)cc5c5ccccc5c4cc3c3cc4c5ccccc5c5cc(-c6ccc7c(c6)c6ccccc6n7-c6cccc7c6sc6ccccc67)ccc5c4cc32)c1. The van der Waals surface area contributed by atoms with Crippen LogP contribution in [0.15, 0.2) is 346 Å². The van der Waals surface area contributed by atoms with Crippen molar-refractivity contribution in [2.75, 3.05) is 0 Å². The molecule has 0 saturated carbocycles. The molecular weight excluding hydrogens is 1360 g/mol. The van der Waals surface area contributed by atoms with Gasteiger partial charge in [0, 0.05) is 89.1 Å². The molecule has 25 aromatic rings. The molecule has 0 saturated heterocycles. The highest BCUT2D eigenvalue weighted by atomic mass is 32.1. The van der Waals surface area contributed by atoms with Crippen LogP contribution in [0.2, 0.25) is 0 Å². The average molecular weight is 1420 g/mol. The molecule has 0 amide bonds. The van der Waals surface area contributed by atoms with Crippen LogP contribution in [0, 0.1) is 0 Å². The van der Waals surface area contributed by atoms with E-state index in [0.29, 0.717) is 0 Å². The monoisotopic (exact) mass is 1420 g/mol. The zero-order chi connectivity index (χ0) is 70.1. The summed E-state index contributed by atoms with van der Waals surface area (Å²) in [5.74, 6) is 0. The van der Waals surface area contributed by atoms with Crippen molar-refractivity contribution in [1.29, 1.82) is 0 Å². The van der Waals surface area contributed by atoms with Gasteiger partial charge in [-0.3, -0.25) is 0 Å².